The zero-order valence-electron chi connectivity index (χ0n) is 23.4. The summed E-state index contributed by atoms with van der Waals surface area (Å²) in [4.78, 5) is 43.9. The van der Waals surface area contributed by atoms with Crippen LogP contribution in [0.2, 0.25) is 0 Å². The Bertz CT molecular complexity index is 1840. The van der Waals surface area contributed by atoms with Crippen molar-refractivity contribution in [3.8, 4) is 5.75 Å². The van der Waals surface area contributed by atoms with Gasteiger partial charge in [0.2, 0.25) is 0 Å². The molecular weight excluding hydrogens is 552 g/mol. The number of carbonyl (C=O) groups is 2. The van der Waals surface area contributed by atoms with Crippen LogP contribution in [0.5, 0.6) is 5.75 Å². The first-order valence-corrected chi connectivity index (χ1v) is 14.4. The normalized spacial score (nSPS) is 14.9. The number of aliphatic carboxylic acids is 1. The number of hydrogen-bond donors (Lipinski definition) is 1. The Morgan fingerprint density at radius 1 is 1.05 bits per heavy atom. The Balaban J connectivity index is 1.74. The van der Waals surface area contributed by atoms with E-state index in [-0.39, 0.29) is 12.2 Å². The highest BCUT2D eigenvalue weighted by Gasteiger charge is 2.35. The van der Waals surface area contributed by atoms with Crippen molar-refractivity contribution in [3.05, 3.63) is 126 Å². The van der Waals surface area contributed by atoms with Gasteiger partial charge in [0.1, 0.15) is 5.75 Å². The number of carboxylic acid groups (broad SMARTS) is 1. The molecule has 0 fully saturated rings. The molecule has 2 heterocycles. The Morgan fingerprint density at radius 3 is 2.45 bits per heavy atom. The maximum absolute atomic E-state index is 14.0. The fraction of sp³-hybridized carbons (Fsp3) is 0.212. The van der Waals surface area contributed by atoms with Crippen LogP contribution in [0, 0.1) is 0 Å². The number of carbonyl (C=O) groups excluding carboxylic acids is 1. The summed E-state index contributed by atoms with van der Waals surface area (Å²) >= 11 is 1.22. The zero-order chi connectivity index (χ0) is 29.8. The van der Waals surface area contributed by atoms with Gasteiger partial charge >= 0.3 is 11.9 Å². The van der Waals surface area contributed by atoms with Gasteiger partial charge in [-0.25, -0.2) is 14.6 Å². The van der Waals surface area contributed by atoms with E-state index in [1.165, 1.54) is 11.3 Å². The molecule has 0 unspecified atom stereocenters. The monoisotopic (exact) mass is 582 g/mol. The van der Waals surface area contributed by atoms with E-state index in [4.69, 9.17) is 19.6 Å². The number of fused-ring (bicyclic) bond motifs is 1. The van der Waals surface area contributed by atoms with Crippen molar-refractivity contribution in [1.29, 1.82) is 0 Å². The second kappa shape index (κ2) is 12.4. The van der Waals surface area contributed by atoms with Gasteiger partial charge in [-0.1, -0.05) is 91.9 Å². The molecule has 8 nitrogen and oxygen atoms in total. The minimum Gasteiger partial charge on any atom is -0.482 e. The minimum absolute atomic E-state index is 0.175. The molecule has 1 N–H and O–H groups in total. The lowest BCUT2D eigenvalue weighted by atomic mass is 9.91. The molecule has 1 atom stereocenters. The van der Waals surface area contributed by atoms with E-state index in [0.717, 1.165) is 16.7 Å². The Hall–Kier alpha value is -4.76. The molecule has 9 heteroatoms. The van der Waals surface area contributed by atoms with Crippen molar-refractivity contribution in [2.75, 3.05) is 13.2 Å². The lowest BCUT2D eigenvalue weighted by Crippen LogP contribution is -2.40. The SMILES string of the molecule is CCOC(=O)C1=C(c2ccccc2)N=c2s/c(=C\c3cccc(OCC(=O)O)c3)c(=O)n2[C@H]1c1ccc(C(C)C)cc1. The number of rotatable bonds is 9. The molecule has 0 saturated carbocycles. The summed E-state index contributed by atoms with van der Waals surface area (Å²) in [6.45, 7) is 5.67. The Labute approximate surface area is 246 Å². The van der Waals surface area contributed by atoms with E-state index >= 15 is 0 Å². The van der Waals surface area contributed by atoms with Crippen LogP contribution >= 0.6 is 11.3 Å². The molecule has 0 saturated heterocycles. The summed E-state index contributed by atoms with van der Waals surface area (Å²) in [7, 11) is 0. The smallest absolute Gasteiger partial charge is 0.341 e. The van der Waals surface area contributed by atoms with E-state index in [1.54, 1.807) is 41.8 Å². The summed E-state index contributed by atoms with van der Waals surface area (Å²) in [6.07, 6.45) is 1.71. The van der Waals surface area contributed by atoms with Gasteiger partial charge in [-0.3, -0.25) is 9.36 Å². The number of nitrogens with zero attached hydrogens (tertiary/aromatic N) is 2. The summed E-state index contributed by atoms with van der Waals surface area (Å²) in [5, 5.41) is 8.95. The van der Waals surface area contributed by atoms with Crippen LogP contribution in [0.4, 0.5) is 0 Å². The van der Waals surface area contributed by atoms with Crippen LogP contribution in [0.15, 0.2) is 94.2 Å². The maximum Gasteiger partial charge on any atom is 0.341 e. The first-order valence-electron chi connectivity index (χ1n) is 13.6. The third-order valence-corrected chi connectivity index (χ3v) is 7.79. The molecule has 0 bridgehead atoms. The fourth-order valence-corrected chi connectivity index (χ4v) is 5.81. The summed E-state index contributed by atoms with van der Waals surface area (Å²) in [5.74, 6) is -0.924. The predicted octanol–water partition coefficient (Wildman–Crippen LogP) is 4.52. The van der Waals surface area contributed by atoms with Crippen molar-refractivity contribution in [2.45, 2.75) is 32.7 Å². The highest BCUT2D eigenvalue weighted by atomic mass is 32.1. The van der Waals surface area contributed by atoms with Gasteiger partial charge in [0.05, 0.1) is 28.5 Å². The zero-order valence-corrected chi connectivity index (χ0v) is 24.3. The highest BCUT2D eigenvalue weighted by molar-refractivity contribution is 7.07. The van der Waals surface area contributed by atoms with Crippen molar-refractivity contribution < 1.29 is 24.2 Å². The molecule has 42 heavy (non-hydrogen) atoms. The summed E-state index contributed by atoms with van der Waals surface area (Å²) in [5.41, 5.74) is 3.76. The molecule has 1 aliphatic rings. The van der Waals surface area contributed by atoms with Gasteiger partial charge < -0.3 is 14.6 Å². The number of thiazole rings is 1. The number of ether oxygens (including phenoxy) is 2. The Kier molecular flexibility index (Phi) is 8.49. The van der Waals surface area contributed by atoms with Crippen LogP contribution < -0.4 is 19.6 Å². The maximum atomic E-state index is 14.0. The molecule has 1 aromatic heterocycles. The number of hydrogen-bond acceptors (Lipinski definition) is 7. The average Bonchev–Trinajstić information content (AvgIpc) is 3.30. The molecule has 5 rings (SSSR count). The van der Waals surface area contributed by atoms with Crippen LogP contribution in [0.1, 0.15) is 55.0 Å². The first-order chi connectivity index (χ1) is 20.3. The minimum atomic E-state index is -1.08. The number of esters is 1. The van der Waals surface area contributed by atoms with E-state index in [1.807, 2.05) is 54.6 Å². The van der Waals surface area contributed by atoms with Crippen molar-refractivity contribution in [2.24, 2.45) is 4.99 Å². The fourth-order valence-electron chi connectivity index (χ4n) is 4.81. The first kappa shape index (κ1) is 28.8. The van der Waals surface area contributed by atoms with Crippen molar-refractivity contribution in [1.82, 2.24) is 4.57 Å². The highest BCUT2D eigenvalue weighted by Crippen LogP contribution is 2.35. The molecule has 0 amide bonds. The molecular formula is C33H30N2O6S. The standard InChI is InChI=1S/C33H30N2O6S/c1-4-40-32(39)28-29(23-10-6-5-7-11-23)34-33-35(30(28)24-15-13-22(14-16-24)20(2)3)31(38)26(42-33)18-21-9-8-12-25(17-21)41-19-27(36)37/h5-18,20,30H,4,19H2,1-3H3,(H,36,37)/b26-18-/t30-/m0/s1. The van der Waals surface area contributed by atoms with Gasteiger partial charge in [-0.15, -0.1) is 0 Å². The van der Waals surface area contributed by atoms with Gasteiger partial charge in [0, 0.05) is 5.56 Å². The van der Waals surface area contributed by atoms with E-state index in [0.29, 0.717) is 37.8 Å². The second-order valence-corrected chi connectivity index (χ2v) is 11.0. The summed E-state index contributed by atoms with van der Waals surface area (Å²) < 4.78 is 12.8. The lowest BCUT2D eigenvalue weighted by Gasteiger charge is -2.26. The second-order valence-electron chi connectivity index (χ2n) is 10.0. The molecule has 0 spiro atoms. The molecule has 0 aliphatic carbocycles. The van der Waals surface area contributed by atoms with Crippen molar-refractivity contribution in [3.63, 3.8) is 0 Å². The predicted molar refractivity (Wildman–Crippen MR) is 161 cm³/mol. The quantitative estimate of drug-likeness (QED) is 0.291. The van der Waals surface area contributed by atoms with E-state index in [9.17, 15) is 14.4 Å². The lowest BCUT2D eigenvalue weighted by molar-refractivity contribution is -0.140. The van der Waals surface area contributed by atoms with E-state index < -0.39 is 24.6 Å². The van der Waals surface area contributed by atoms with Gasteiger partial charge in [-0.2, -0.15) is 0 Å². The summed E-state index contributed by atoms with van der Waals surface area (Å²) in [6, 6.07) is 23.4. The molecule has 0 radical (unpaired) electrons. The van der Waals surface area contributed by atoms with Crippen LogP contribution in [-0.4, -0.2) is 34.8 Å². The largest absolute Gasteiger partial charge is 0.482 e. The van der Waals surface area contributed by atoms with Crippen LogP contribution in [0.3, 0.4) is 0 Å². The van der Waals surface area contributed by atoms with E-state index in [2.05, 4.69) is 13.8 Å². The number of benzene rings is 3. The Morgan fingerprint density at radius 2 is 1.79 bits per heavy atom. The third-order valence-electron chi connectivity index (χ3n) is 6.81. The van der Waals surface area contributed by atoms with Crippen LogP contribution in [-0.2, 0) is 14.3 Å². The van der Waals surface area contributed by atoms with Gasteiger partial charge in [-0.05, 0) is 47.7 Å². The molecule has 214 valence electrons. The van der Waals surface area contributed by atoms with Gasteiger partial charge in [0.25, 0.3) is 5.56 Å². The molecule has 3 aromatic carbocycles. The number of carboxylic acids is 1. The van der Waals surface area contributed by atoms with Crippen LogP contribution in [0.25, 0.3) is 11.8 Å². The topological polar surface area (TPSA) is 107 Å². The number of aromatic nitrogens is 1. The van der Waals surface area contributed by atoms with Crippen molar-refractivity contribution >= 4 is 35.0 Å². The average molecular weight is 583 g/mol. The molecule has 4 aromatic rings. The van der Waals surface area contributed by atoms with Gasteiger partial charge in [0.15, 0.2) is 11.4 Å². The third kappa shape index (κ3) is 5.96. The molecule has 1 aliphatic heterocycles.